The lowest BCUT2D eigenvalue weighted by atomic mass is 10.0. The topological polar surface area (TPSA) is 118 Å². The third kappa shape index (κ3) is 9.47. The monoisotopic (exact) mass is 541 g/mol. The summed E-state index contributed by atoms with van der Waals surface area (Å²) < 4.78 is 33.0. The summed E-state index contributed by atoms with van der Waals surface area (Å²) in [6.45, 7) is 6.42. The van der Waals surface area contributed by atoms with Crippen LogP contribution in [0.25, 0.3) is 0 Å². The normalized spacial score (nSPS) is 16.6. The van der Waals surface area contributed by atoms with E-state index >= 15 is 0 Å². The Morgan fingerprint density at radius 2 is 1.93 bits per heavy atom. The lowest BCUT2D eigenvalue weighted by Crippen LogP contribution is -2.42. The van der Waals surface area contributed by atoms with Gasteiger partial charge in [0.1, 0.15) is 5.75 Å². The minimum Gasteiger partial charge on any atom is -0.497 e. The predicted molar refractivity (Wildman–Crippen MR) is 125 cm³/mol. The molecule has 1 saturated heterocycles. The van der Waals surface area contributed by atoms with Crippen molar-refractivity contribution < 1.29 is 17.9 Å². The fraction of sp³-hybridized carbons (Fsp3) is 0.611. The summed E-state index contributed by atoms with van der Waals surface area (Å²) in [5, 5.41) is 11.2. The van der Waals surface area contributed by atoms with Crippen molar-refractivity contribution in [3.8, 4) is 5.75 Å². The number of guanidine groups is 1. The molecule has 1 heterocycles. The average Bonchev–Trinajstić information content (AvgIpc) is 2.68. The van der Waals surface area contributed by atoms with Crippen molar-refractivity contribution >= 4 is 40.0 Å². The summed E-state index contributed by atoms with van der Waals surface area (Å²) in [6, 6.07) is 8.08. The van der Waals surface area contributed by atoms with Crippen molar-refractivity contribution in [3.63, 3.8) is 0 Å². The molecule has 0 aliphatic carbocycles. The molecule has 1 aliphatic heterocycles. The zero-order chi connectivity index (χ0) is 20.4. The van der Waals surface area contributed by atoms with Crippen LogP contribution in [0.2, 0.25) is 0 Å². The number of sulfonamides is 1. The van der Waals surface area contributed by atoms with Gasteiger partial charge in [0.15, 0.2) is 5.96 Å². The van der Waals surface area contributed by atoms with Gasteiger partial charge in [-0.1, -0.05) is 12.1 Å². The molecule has 0 amide bonds. The van der Waals surface area contributed by atoms with E-state index in [1.807, 2.05) is 19.1 Å². The number of benzene rings is 1. The second-order valence-corrected chi connectivity index (χ2v) is 8.18. The number of methoxy groups -OCH3 is 1. The SMILES string of the molecule is CCNC(=NCC(c1ccc(OC)cc1)N1CCOCC1)NCCS(N)(=O)=O.I. The molecule has 29 heavy (non-hydrogen) atoms. The van der Waals surface area contributed by atoms with Crippen molar-refractivity contribution in [1.29, 1.82) is 0 Å². The van der Waals surface area contributed by atoms with Gasteiger partial charge in [0.05, 0.1) is 38.7 Å². The van der Waals surface area contributed by atoms with E-state index < -0.39 is 10.0 Å². The molecule has 0 spiro atoms. The molecule has 9 nitrogen and oxygen atoms in total. The smallest absolute Gasteiger partial charge is 0.210 e. The van der Waals surface area contributed by atoms with E-state index in [0.717, 1.165) is 24.4 Å². The van der Waals surface area contributed by atoms with Gasteiger partial charge in [0.25, 0.3) is 0 Å². The number of aliphatic imine (C=N–C) groups is 1. The van der Waals surface area contributed by atoms with Crippen LogP contribution in [0.1, 0.15) is 18.5 Å². The van der Waals surface area contributed by atoms with E-state index in [1.54, 1.807) is 7.11 Å². The zero-order valence-electron chi connectivity index (χ0n) is 17.0. The quantitative estimate of drug-likeness (QED) is 0.237. The minimum atomic E-state index is -3.51. The third-order valence-electron chi connectivity index (χ3n) is 4.43. The maximum Gasteiger partial charge on any atom is 0.210 e. The highest BCUT2D eigenvalue weighted by Gasteiger charge is 2.22. The van der Waals surface area contributed by atoms with Gasteiger partial charge in [-0.15, -0.1) is 24.0 Å². The average molecular weight is 541 g/mol. The van der Waals surface area contributed by atoms with Crippen LogP contribution in [0.4, 0.5) is 0 Å². The van der Waals surface area contributed by atoms with Gasteiger partial charge >= 0.3 is 0 Å². The van der Waals surface area contributed by atoms with E-state index in [1.165, 1.54) is 0 Å². The van der Waals surface area contributed by atoms with Gasteiger partial charge in [-0.25, -0.2) is 13.6 Å². The minimum absolute atomic E-state index is 0. The largest absolute Gasteiger partial charge is 0.497 e. The van der Waals surface area contributed by atoms with E-state index in [0.29, 0.717) is 32.3 Å². The van der Waals surface area contributed by atoms with Crippen LogP contribution in [0.15, 0.2) is 29.3 Å². The highest BCUT2D eigenvalue weighted by molar-refractivity contribution is 14.0. The Kier molecular flexibility index (Phi) is 11.8. The molecule has 1 atom stereocenters. The summed E-state index contributed by atoms with van der Waals surface area (Å²) in [4.78, 5) is 7.02. The second kappa shape index (κ2) is 13.2. The number of morpholine rings is 1. The summed E-state index contributed by atoms with van der Waals surface area (Å²) in [5.41, 5.74) is 1.15. The molecule has 11 heteroatoms. The Bertz CT molecular complexity index is 724. The Labute approximate surface area is 190 Å². The molecular formula is C18H32IN5O4S. The second-order valence-electron chi connectivity index (χ2n) is 6.45. The number of rotatable bonds is 9. The number of halogens is 1. The number of hydrogen-bond acceptors (Lipinski definition) is 6. The Morgan fingerprint density at radius 3 is 2.48 bits per heavy atom. The van der Waals surface area contributed by atoms with Gasteiger partial charge < -0.3 is 20.1 Å². The first-order valence-electron chi connectivity index (χ1n) is 9.41. The highest BCUT2D eigenvalue weighted by atomic mass is 127. The van der Waals surface area contributed by atoms with Gasteiger partial charge in [0, 0.05) is 26.2 Å². The van der Waals surface area contributed by atoms with Crippen molar-refractivity contribution in [2.75, 3.05) is 58.8 Å². The molecule has 1 aromatic rings. The van der Waals surface area contributed by atoms with Crippen LogP contribution < -0.4 is 20.5 Å². The molecule has 1 fully saturated rings. The van der Waals surface area contributed by atoms with Gasteiger partial charge in [-0.05, 0) is 24.6 Å². The van der Waals surface area contributed by atoms with Crippen LogP contribution in [-0.2, 0) is 14.8 Å². The van der Waals surface area contributed by atoms with E-state index in [9.17, 15) is 8.42 Å². The number of hydrogen-bond donors (Lipinski definition) is 3. The lowest BCUT2D eigenvalue weighted by molar-refractivity contribution is 0.0179. The van der Waals surface area contributed by atoms with Crippen LogP contribution in [0.3, 0.4) is 0 Å². The summed E-state index contributed by atoms with van der Waals surface area (Å²) in [7, 11) is -1.86. The number of nitrogens with one attached hydrogen (secondary N) is 2. The highest BCUT2D eigenvalue weighted by Crippen LogP contribution is 2.24. The molecule has 0 aromatic heterocycles. The first-order chi connectivity index (χ1) is 13.4. The number of nitrogens with zero attached hydrogens (tertiary/aromatic N) is 2. The van der Waals surface area contributed by atoms with Crippen molar-refractivity contribution in [2.24, 2.45) is 10.1 Å². The molecule has 0 saturated carbocycles. The van der Waals surface area contributed by atoms with Crippen LogP contribution >= 0.6 is 24.0 Å². The summed E-state index contributed by atoms with van der Waals surface area (Å²) in [5.74, 6) is 1.23. The molecule has 1 aromatic carbocycles. The number of primary sulfonamides is 1. The van der Waals surface area contributed by atoms with Gasteiger partial charge in [-0.2, -0.15) is 0 Å². The Hall–Kier alpha value is -1.15. The van der Waals surface area contributed by atoms with Crippen LogP contribution in [-0.4, -0.2) is 78.1 Å². The fourth-order valence-electron chi connectivity index (χ4n) is 2.98. The van der Waals surface area contributed by atoms with Crippen LogP contribution in [0, 0.1) is 0 Å². The van der Waals surface area contributed by atoms with E-state index in [2.05, 4.69) is 32.7 Å². The Balaban J connectivity index is 0.00000420. The van der Waals surface area contributed by atoms with Crippen molar-refractivity contribution in [3.05, 3.63) is 29.8 Å². The first-order valence-corrected chi connectivity index (χ1v) is 11.1. The maximum atomic E-state index is 11.1. The lowest BCUT2D eigenvalue weighted by Gasteiger charge is -2.34. The van der Waals surface area contributed by atoms with E-state index in [4.69, 9.17) is 14.6 Å². The predicted octanol–water partition coefficient (Wildman–Crippen LogP) is 0.530. The molecular weight excluding hydrogens is 509 g/mol. The zero-order valence-corrected chi connectivity index (χ0v) is 20.1. The maximum absolute atomic E-state index is 11.1. The van der Waals surface area contributed by atoms with Gasteiger partial charge in [-0.3, -0.25) is 9.89 Å². The molecule has 4 N–H and O–H groups in total. The van der Waals surface area contributed by atoms with Crippen molar-refractivity contribution in [2.45, 2.75) is 13.0 Å². The molecule has 1 aliphatic rings. The number of ether oxygens (including phenoxy) is 2. The number of nitrogens with two attached hydrogens (primary N) is 1. The van der Waals surface area contributed by atoms with E-state index in [-0.39, 0.29) is 42.3 Å². The van der Waals surface area contributed by atoms with Gasteiger partial charge in [0.2, 0.25) is 10.0 Å². The Morgan fingerprint density at radius 1 is 1.28 bits per heavy atom. The molecule has 2 rings (SSSR count). The molecule has 0 bridgehead atoms. The standard InChI is InChI=1S/C18H31N5O4S.HI/c1-3-20-18(21-8-13-28(19,24)25)22-14-17(23-9-11-27-12-10-23)15-4-6-16(26-2)7-5-15;/h4-7,17H,3,8-14H2,1-2H3,(H2,19,24,25)(H2,20,21,22);1H. The van der Waals surface area contributed by atoms with Crippen molar-refractivity contribution in [1.82, 2.24) is 15.5 Å². The molecule has 166 valence electrons. The van der Waals surface area contributed by atoms with Crippen LogP contribution in [0.5, 0.6) is 5.75 Å². The molecule has 0 radical (unpaired) electrons. The molecule has 1 unspecified atom stereocenters. The third-order valence-corrected chi connectivity index (χ3v) is 5.21. The fourth-order valence-corrected chi connectivity index (χ4v) is 3.36. The summed E-state index contributed by atoms with van der Waals surface area (Å²) >= 11 is 0. The summed E-state index contributed by atoms with van der Waals surface area (Å²) in [6.07, 6.45) is 0. The first kappa shape index (κ1) is 25.9.